The lowest BCUT2D eigenvalue weighted by Gasteiger charge is -2.10. The number of aromatic nitrogens is 2. The van der Waals surface area contributed by atoms with E-state index >= 15 is 0 Å². The molecule has 1 heterocycles. The fourth-order valence-electron chi connectivity index (χ4n) is 0.754. The van der Waals surface area contributed by atoms with Gasteiger partial charge >= 0.3 is 0 Å². The van der Waals surface area contributed by atoms with Crippen molar-refractivity contribution in [2.45, 2.75) is 10.7 Å². The van der Waals surface area contributed by atoms with Gasteiger partial charge in [0.1, 0.15) is 5.69 Å². The average Bonchev–Trinajstić information content (AvgIpc) is 1.92. The van der Waals surface area contributed by atoms with Crippen LogP contribution < -0.4 is 5.56 Å². The molecule has 6 heteroatoms. The molecule has 1 aromatic rings. The van der Waals surface area contributed by atoms with Crippen molar-refractivity contribution in [2.24, 2.45) is 0 Å². The lowest BCUT2D eigenvalue weighted by molar-refractivity contribution is 0.969. The zero-order chi connectivity index (χ0) is 9.35. The van der Waals surface area contributed by atoms with Crippen LogP contribution in [0.25, 0.3) is 0 Å². The molecule has 1 aromatic heterocycles. The second-order valence-corrected chi connectivity index (χ2v) is 4.48. The predicted molar refractivity (Wildman–Crippen MR) is 48.8 cm³/mol. The van der Waals surface area contributed by atoms with E-state index in [0.29, 0.717) is 5.56 Å². The van der Waals surface area contributed by atoms with Crippen molar-refractivity contribution in [3.8, 4) is 0 Å². The van der Waals surface area contributed by atoms with Gasteiger partial charge in [0.05, 0.1) is 6.33 Å². The van der Waals surface area contributed by atoms with Crippen LogP contribution in [0.1, 0.15) is 11.3 Å². The molecule has 0 saturated heterocycles. The van der Waals surface area contributed by atoms with Crippen molar-refractivity contribution < 1.29 is 0 Å². The van der Waals surface area contributed by atoms with Crippen molar-refractivity contribution in [2.75, 3.05) is 0 Å². The Morgan fingerprint density at radius 3 is 2.50 bits per heavy atom. The first-order valence-electron chi connectivity index (χ1n) is 3.04. The van der Waals surface area contributed by atoms with Crippen molar-refractivity contribution in [1.29, 1.82) is 0 Å². The van der Waals surface area contributed by atoms with E-state index in [0.717, 1.165) is 0 Å². The lowest BCUT2D eigenvalue weighted by atomic mass is 10.3. The summed E-state index contributed by atoms with van der Waals surface area (Å²) in [6.45, 7) is 1.54. The number of nitrogens with zero attached hydrogens (tertiary/aromatic N) is 1. The Kier molecular flexibility index (Phi) is 2.66. The Morgan fingerprint density at radius 2 is 2.08 bits per heavy atom. The highest BCUT2D eigenvalue weighted by molar-refractivity contribution is 6.66. The Bertz CT molecular complexity index is 341. The third-order valence-electron chi connectivity index (χ3n) is 1.35. The molecule has 0 spiro atoms. The molecule has 0 aliphatic carbocycles. The molecule has 0 radical (unpaired) electrons. The van der Waals surface area contributed by atoms with E-state index < -0.39 is 3.79 Å². The van der Waals surface area contributed by atoms with Crippen LogP contribution in [0.3, 0.4) is 0 Å². The van der Waals surface area contributed by atoms with Crippen LogP contribution in [0.5, 0.6) is 0 Å². The van der Waals surface area contributed by atoms with Crippen LogP contribution in [0.4, 0.5) is 0 Å². The maximum atomic E-state index is 11.0. The van der Waals surface area contributed by atoms with Gasteiger partial charge in [0.15, 0.2) is 0 Å². The number of hydrogen-bond donors (Lipinski definition) is 1. The first kappa shape index (κ1) is 9.84. The Hall–Kier alpha value is -0.250. The zero-order valence-corrected chi connectivity index (χ0v) is 8.33. The van der Waals surface area contributed by atoms with Crippen molar-refractivity contribution in [3.05, 3.63) is 27.9 Å². The number of aromatic amines is 1. The summed E-state index contributed by atoms with van der Waals surface area (Å²) in [7, 11) is 0. The topological polar surface area (TPSA) is 45.8 Å². The molecule has 0 amide bonds. The summed E-state index contributed by atoms with van der Waals surface area (Å²) < 4.78 is -1.64. The molecular formula is C6H5Cl3N2O. The van der Waals surface area contributed by atoms with Gasteiger partial charge in [-0.15, -0.1) is 0 Å². The molecule has 0 fully saturated rings. The van der Waals surface area contributed by atoms with Crippen LogP contribution in [0.2, 0.25) is 0 Å². The van der Waals surface area contributed by atoms with E-state index in [-0.39, 0.29) is 11.3 Å². The SMILES string of the molecule is Cc1c(C(Cl)(Cl)Cl)nc[nH]c1=O. The Morgan fingerprint density at radius 1 is 1.50 bits per heavy atom. The van der Waals surface area contributed by atoms with Crippen molar-refractivity contribution in [3.63, 3.8) is 0 Å². The third kappa shape index (κ3) is 1.91. The fraction of sp³-hybridized carbons (Fsp3) is 0.333. The van der Waals surface area contributed by atoms with Gasteiger partial charge in [0.2, 0.25) is 3.79 Å². The first-order chi connectivity index (χ1) is 5.43. The molecule has 0 bridgehead atoms. The highest BCUT2D eigenvalue weighted by Gasteiger charge is 2.27. The number of alkyl halides is 3. The normalized spacial score (nSPS) is 11.7. The highest BCUT2D eigenvalue weighted by atomic mass is 35.6. The van der Waals surface area contributed by atoms with Gasteiger partial charge in [0, 0.05) is 5.56 Å². The molecular weight excluding hydrogens is 222 g/mol. The summed E-state index contributed by atoms with van der Waals surface area (Å²) in [5.41, 5.74) is 0.181. The number of rotatable bonds is 0. The molecule has 0 atom stereocenters. The largest absolute Gasteiger partial charge is 0.313 e. The van der Waals surface area contributed by atoms with Crippen LogP contribution in [0, 0.1) is 6.92 Å². The summed E-state index contributed by atoms with van der Waals surface area (Å²) in [6.07, 6.45) is 1.20. The van der Waals surface area contributed by atoms with Crippen LogP contribution >= 0.6 is 34.8 Å². The van der Waals surface area contributed by atoms with Gasteiger partial charge in [-0.2, -0.15) is 0 Å². The van der Waals surface area contributed by atoms with E-state index in [1.165, 1.54) is 6.33 Å². The van der Waals surface area contributed by atoms with E-state index in [1.54, 1.807) is 6.92 Å². The molecule has 12 heavy (non-hydrogen) atoms. The molecule has 0 aliphatic heterocycles. The summed E-state index contributed by atoms with van der Waals surface area (Å²) in [5, 5.41) is 0. The van der Waals surface area contributed by atoms with Crippen LogP contribution in [0.15, 0.2) is 11.1 Å². The minimum Gasteiger partial charge on any atom is -0.313 e. The Balaban J connectivity index is 3.36. The summed E-state index contributed by atoms with van der Waals surface area (Å²) in [4.78, 5) is 17.1. The van der Waals surface area contributed by atoms with E-state index in [4.69, 9.17) is 34.8 Å². The molecule has 0 saturated carbocycles. The molecule has 0 aromatic carbocycles. The standard InChI is InChI=1S/C6H5Cl3N2O/c1-3-4(6(7,8)9)10-2-11-5(3)12/h2H,1H3,(H,10,11,12). The van der Waals surface area contributed by atoms with Crippen molar-refractivity contribution in [1.82, 2.24) is 9.97 Å². The maximum Gasteiger partial charge on any atom is 0.253 e. The van der Waals surface area contributed by atoms with E-state index in [2.05, 4.69) is 9.97 Å². The van der Waals surface area contributed by atoms with Gasteiger partial charge in [-0.05, 0) is 6.92 Å². The number of halogens is 3. The Labute approximate surface area is 83.7 Å². The lowest BCUT2D eigenvalue weighted by Crippen LogP contribution is -2.17. The predicted octanol–water partition coefficient (Wildman–Crippen LogP) is 1.91. The van der Waals surface area contributed by atoms with E-state index in [9.17, 15) is 4.79 Å². The first-order valence-corrected chi connectivity index (χ1v) is 4.18. The molecule has 0 aliphatic rings. The number of hydrogen-bond acceptors (Lipinski definition) is 2. The molecule has 66 valence electrons. The summed E-state index contributed by atoms with van der Waals surface area (Å²) >= 11 is 16.7. The summed E-state index contributed by atoms with van der Waals surface area (Å²) in [6, 6.07) is 0. The van der Waals surface area contributed by atoms with Crippen LogP contribution in [-0.4, -0.2) is 9.97 Å². The van der Waals surface area contributed by atoms with Crippen molar-refractivity contribution >= 4 is 34.8 Å². The van der Waals surface area contributed by atoms with Crippen LogP contribution in [-0.2, 0) is 3.79 Å². The number of nitrogens with one attached hydrogen (secondary N) is 1. The molecule has 3 nitrogen and oxygen atoms in total. The number of H-pyrrole nitrogens is 1. The average molecular weight is 227 g/mol. The summed E-state index contributed by atoms with van der Waals surface area (Å²) in [5.74, 6) is 0. The fourth-order valence-corrected chi connectivity index (χ4v) is 1.33. The van der Waals surface area contributed by atoms with Gasteiger partial charge < -0.3 is 4.98 Å². The molecule has 1 rings (SSSR count). The minimum atomic E-state index is -1.64. The third-order valence-corrected chi connectivity index (χ3v) is 1.89. The second kappa shape index (κ2) is 3.24. The van der Waals surface area contributed by atoms with E-state index in [1.807, 2.05) is 0 Å². The maximum absolute atomic E-state index is 11.0. The smallest absolute Gasteiger partial charge is 0.253 e. The zero-order valence-electron chi connectivity index (χ0n) is 6.07. The van der Waals surface area contributed by atoms with Gasteiger partial charge in [-0.25, -0.2) is 4.98 Å². The second-order valence-electron chi connectivity index (χ2n) is 2.20. The quantitative estimate of drug-likeness (QED) is 0.688. The monoisotopic (exact) mass is 226 g/mol. The van der Waals surface area contributed by atoms with Gasteiger partial charge in [-0.3, -0.25) is 4.79 Å². The van der Waals surface area contributed by atoms with Gasteiger partial charge in [-0.1, -0.05) is 34.8 Å². The minimum absolute atomic E-state index is 0.163. The van der Waals surface area contributed by atoms with Gasteiger partial charge in [0.25, 0.3) is 5.56 Å². The molecule has 1 N–H and O–H groups in total. The highest BCUT2D eigenvalue weighted by Crippen LogP contribution is 2.37. The molecule has 0 unspecified atom stereocenters.